The maximum atomic E-state index is 11.9. The van der Waals surface area contributed by atoms with Gasteiger partial charge in [-0.3, -0.25) is 9.59 Å². The van der Waals surface area contributed by atoms with Gasteiger partial charge in [-0.05, 0) is 31.2 Å². The van der Waals surface area contributed by atoms with E-state index in [0.717, 1.165) is 16.9 Å². The van der Waals surface area contributed by atoms with Crippen LogP contribution < -0.4 is 10.6 Å². The molecule has 6 nitrogen and oxygen atoms in total. The lowest BCUT2D eigenvalue weighted by Crippen LogP contribution is -2.38. The molecule has 0 unspecified atom stereocenters. The fourth-order valence-electron chi connectivity index (χ4n) is 2.70. The molecule has 1 heterocycles. The summed E-state index contributed by atoms with van der Waals surface area (Å²) < 4.78 is 2.07. The van der Waals surface area contributed by atoms with Gasteiger partial charge in [0.15, 0.2) is 0 Å². The van der Waals surface area contributed by atoms with Crippen LogP contribution >= 0.6 is 0 Å². The summed E-state index contributed by atoms with van der Waals surface area (Å²) in [7, 11) is 0. The first-order valence-electron chi connectivity index (χ1n) is 8.17. The number of benzene rings is 2. The Morgan fingerprint density at radius 1 is 1.00 bits per heavy atom. The van der Waals surface area contributed by atoms with Gasteiger partial charge < -0.3 is 15.2 Å². The van der Waals surface area contributed by atoms with Crippen LogP contribution in [0.15, 0.2) is 54.6 Å². The number of imidazole rings is 1. The van der Waals surface area contributed by atoms with Crippen molar-refractivity contribution in [3.63, 3.8) is 0 Å². The van der Waals surface area contributed by atoms with E-state index in [2.05, 4.69) is 20.2 Å². The zero-order valence-corrected chi connectivity index (χ0v) is 14.0. The van der Waals surface area contributed by atoms with E-state index in [4.69, 9.17) is 0 Å². The minimum atomic E-state index is -0.257. The van der Waals surface area contributed by atoms with Crippen molar-refractivity contribution in [2.75, 3.05) is 13.1 Å². The van der Waals surface area contributed by atoms with Crippen molar-refractivity contribution in [3.8, 4) is 0 Å². The molecule has 25 heavy (non-hydrogen) atoms. The van der Waals surface area contributed by atoms with Gasteiger partial charge in [-0.2, -0.15) is 0 Å². The third kappa shape index (κ3) is 4.03. The standard InChI is InChI=1S/C19H20N4O2/c1-14-22-16-9-5-6-10-17(16)23(14)12-11-20-18(24)13-21-19(25)15-7-3-2-4-8-15/h2-10H,11-13H2,1H3,(H,20,24)(H,21,25). The van der Waals surface area contributed by atoms with Crippen molar-refractivity contribution in [2.45, 2.75) is 13.5 Å². The van der Waals surface area contributed by atoms with Crippen molar-refractivity contribution in [1.29, 1.82) is 0 Å². The van der Waals surface area contributed by atoms with Crippen molar-refractivity contribution in [3.05, 3.63) is 66.0 Å². The number of amides is 2. The molecule has 3 aromatic rings. The summed E-state index contributed by atoms with van der Waals surface area (Å²) in [5, 5.41) is 5.43. The number of hydrogen-bond donors (Lipinski definition) is 2. The zero-order chi connectivity index (χ0) is 17.6. The average molecular weight is 336 g/mol. The van der Waals surface area contributed by atoms with Crippen molar-refractivity contribution >= 4 is 22.8 Å². The highest BCUT2D eigenvalue weighted by atomic mass is 16.2. The number of fused-ring (bicyclic) bond motifs is 1. The average Bonchev–Trinajstić information content (AvgIpc) is 2.96. The number of nitrogens with one attached hydrogen (secondary N) is 2. The van der Waals surface area contributed by atoms with Crippen LogP contribution in [0.25, 0.3) is 11.0 Å². The zero-order valence-electron chi connectivity index (χ0n) is 14.0. The summed E-state index contributed by atoms with van der Waals surface area (Å²) in [4.78, 5) is 28.3. The molecule has 0 aliphatic rings. The van der Waals surface area contributed by atoms with Crippen LogP contribution in [-0.2, 0) is 11.3 Å². The highest BCUT2D eigenvalue weighted by Gasteiger charge is 2.09. The molecule has 0 bridgehead atoms. The third-order valence-corrected chi connectivity index (χ3v) is 3.95. The molecular formula is C19H20N4O2. The number of rotatable bonds is 6. The van der Waals surface area contributed by atoms with Crippen molar-refractivity contribution < 1.29 is 9.59 Å². The molecule has 128 valence electrons. The molecule has 0 spiro atoms. The van der Waals surface area contributed by atoms with E-state index in [-0.39, 0.29) is 18.4 Å². The summed E-state index contributed by atoms with van der Waals surface area (Å²) in [5.74, 6) is 0.436. The summed E-state index contributed by atoms with van der Waals surface area (Å²) >= 11 is 0. The van der Waals surface area contributed by atoms with Crippen molar-refractivity contribution in [2.24, 2.45) is 0 Å². The molecular weight excluding hydrogens is 316 g/mol. The second-order valence-electron chi connectivity index (χ2n) is 5.70. The Morgan fingerprint density at radius 2 is 1.72 bits per heavy atom. The van der Waals surface area contributed by atoms with Crippen LogP contribution in [0.2, 0.25) is 0 Å². The monoisotopic (exact) mass is 336 g/mol. The molecule has 2 N–H and O–H groups in total. The minimum Gasteiger partial charge on any atom is -0.353 e. The Hall–Kier alpha value is -3.15. The lowest BCUT2D eigenvalue weighted by Gasteiger charge is -2.09. The Kier molecular flexibility index (Phi) is 5.09. The second kappa shape index (κ2) is 7.61. The SMILES string of the molecule is Cc1nc2ccccc2n1CCNC(=O)CNC(=O)c1ccccc1. The predicted octanol–water partition coefficient (Wildman–Crippen LogP) is 1.89. The molecule has 0 saturated heterocycles. The lowest BCUT2D eigenvalue weighted by molar-refractivity contribution is -0.120. The summed E-state index contributed by atoms with van der Waals surface area (Å²) in [6.07, 6.45) is 0. The van der Waals surface area contributed by atoms with Gasteiger partial charge in [-0.15, -0.1) is 0 Å². The number of carbonyl (C=O) groups excluding carboxylic acids is 2. The first-order chi connectivity index (χ1) is 12.1. The Bertz CT molecular complexity index is 887. The molecule has 0 aliphatic carbocycles. The van der Waals surface area contributed by atoms with Crippen LogP contribution in [0.1, 0.15) is 16.2 Å². The maximum absolute atomic E-state index is 11.9. The number of hydrogen-bond acceptors (Lipinski definition) is 3. The molecule has 0 aliphatic heterocycles. The molecule has 0 atom stereocenters. The largest absolute Gasteiger partial charge is 0.353 e. The Morgan fingerprint density at radius 3 is 2.52 bits per heavy atom. The summed E-state index contributed by atoms with van der Waals surface area (Å²) in [6, 6.07) is 16.7. The summed E-state index contributed by atoms with van der Waals surface area (Å²) in [6.45, 7) is 3.01. The Balaban J connectivity index is 1.48. The number of nitrogens with zero attached hydrogens (tertiary/aromatic N) is 2. The molecule has 0 fully saturated rings. The van der Waals surface area contributed by atoms with Gasteiger partial charge in [0.2, 0.25) is 5.91 Å². The van der Waals surface area contributed by atoms with E-state index in [1.807, 2.05) is 37.3 Å². The first-order valence-corrected chi connectivity index (χ1v) is 8.17. The number of aryl methyl sites for hydroxylation is 1. The Labute approximate surface area is 145 Å². The molecule has 1 aromatic heterocycles. The lowest BCUT2D eigenvalue weighted by atomic mass is 10.2. The highest BCUT2D eigenvalue weighted by molar-refractivity contribution is 5.96. The fraction of sp³-hybridized carbons (Fsp3) is 0.211. The normalized spacial score (nSPS) is 10.6. The van der Waals surface area contributed by atoms with Crippen LogP contribution in [-0.4, -0.2) is 34.5 Å². The van der Waals surface area contributed by atoms with E-state index in [9.17, 15) is 9.59 Å². The van der Waals surface area contributed by atoms with Crippen LogP contribution in [0, 0.1) is 6.92 Å². The first kappa shape index (κ1) is 16.7. The molecule has 6 heteroatoms. The van der Waals surface area contributed by atoms with E-state index >= 15 is 0 Å². The maximum Gasteiger partial charge on any atom is 0.251 e. The van der Waals surface area contributed by atoms with E-state index < -0.39 is 0 Å². The smallest absolute Gasteiger partial charge is 0.251 e. The topological polar surface area (TPSA) is 76.0 Å². The third-order valence-electron chi connectivity index (χ3n) is 3.95. The highest BCUT2D eigenvalue weighted by Crippen LogP contribution is 2.14. The number of aromatic nitrogens is 2. The minimum absolute atomic E-state index is 0.0443. The second-order valence-corrected chi connectivity index (χ2v) is 5.70. The number of para-hydroxylation sites is 2. The van der Waals surface area contributed by atoms with Gasteiger partial charge in [-0.1, -0.05) is 30.3 Å². The van der Waals surface area contributed by atoms with Crippen molar-refractivity contribution in [1.82, 2.24) is 20.2 Å². The van der Waals surface area contributed by atoms with Gasteiger partial charge in [0.1, 0.15) is 5.82 Å². The molecule has 2 amide bonds. The molecule has 0 saturated carbocycles. The summed E-state index contributed by atoms with van der Waals surface area (Å²) in [5.41, 5.74) is 2.53. The van der Waals surface area contributed by atoms with Crippen LogP contribution in [0.3, 0.4) is 0 Å². The van der Waals surface area contributed by atoms with Gasteiger partial charge in [0, 0.05) is 18.7 Å². The predicted molar refractivity (Wildman–Crippen MR) is 96.3 cm³/mol. The van der Waals surface area contributed by atoms with Gasteiger partial charge in [-0.25, -0.2) is 4.98 Å². The van der Waals surface area contributed by atoms with Gasteiger partial charge in [0.25, 0.3) is 5.91 Å². The van der Waals surface area contributed by atoms with E-state index in [0.29, 0.717) is 18.7 Å². The fourth-order valence-corrected chi connectivity index (χ4v) is 2.70. The molecule has 0 radical (unpaired) electrons. The van der Waals surface area contributed by atoms with Crippen LogP contribution in [0.5, 0.6) is 0 Å². The molecule has 2 aromatic carbocycles. The van der Waals surface area contributed by atoms with E-state index in [1.165, 1.54) is 0 Å². The quantitative estimate of drug-likeness (QED) is 0.722. The molecule has 3 rings (SSSR count). The van der Waals surface area contributed by atoms with Crippen LogP contribution in [0.4, 0.5) is 0 Å². The van der Waals surface area contributed by atoms with Gasteiger partial charge in [0.05, 0.1) is 17.6 Å². The van der Waals surface area contributed by atoms with Gasteiger partial charge >= 0.3 is 0 Å². The van der Waals surface area contributed by atoms with E-state index in [1.54, 1.807) is 24.3 Å². The number of carbonyl (C=O) groups is 2.